The highest BCUT2D eigenvalue weighted by Gasteiger charge is 2.15. The molecule has 1 aliphatic carbocycles. The summed E-state index contributed by atoms with van der Waals surface area (Å²) in [4.78, 5) is 12.2. The number of allylic oxidation sites excluding steroid dienone is 1. The summed E-state index contributed by atoms with van der Waals surface area (Å²) in [5, 5.41) is 3.34. The Morgan fingerprint density at radius 3 is 2.86 bits per heavy atom. The molecule has 0 saturated heterocycles. The lowest BCUT2D eigenvalue weighted by molar-refractivity contribution is 0.0379. The van der Waals surface area contributed by atoms with Crippen LogP contribution in [0.2, 0.25) is 0 Å². The molecule has 0 aromatic heterocycles. The van der Waals surface area contributed by atoms with E-state index in [1.165, 1.54) is 31.3 Å². The fourth-order valence-corrected chi connectivity index (χ4v) is 2.65. The van der Waals surface area contributed by atoms with E-state index in [0.717, 1.165) is 18.7 Å². The van der Waals surface area contributed by atoms with Crippen LogP contribution in [0.4, 0.5) is 11.4 Å². The van der Waals surface area contributed by atoms with Gasteiger partial charge >= 0.3 is 5.97 Å². The van der Waals surface area contributed by atoms with Crippen molar-refractivity contribution in [1.29, 1.82) is 0 Å². The number of anilines is 2. The molecule has 0 amide bonds. The van der Waals surface area contributed by atoms with E-state index >= 15 is 0 Å². The molecule has 0 aliphatic heterocycles. The highest BCUT2D eigenvalue weighted by Crippen LogP contribution is 2.23. The predicted molar refractivity (Wildman–Crippen MR) is 91.1 cm³/mol. The van der Waals surface area contributed by atoms with Crippen LogP contribution in [0.15, 0.2) is 29.8 Å². The topological polar surface area (TPSA) is 64.3 Å². The summed E-state index contributed by atoms with van der Waals surface area (Å²) in [7, 11) is 0. The van der Waals surface area contributed by atoms with Crippen molar-refractivity contribution in [3.63, 3.8) is 0 Å². The Balaban J connectivity index is 2.00. The maximum Gasteiger partial charge on any atom is 0.340 e. The predicted octanol–water partition coefficient (Wildman–Crippen LogP) is 4.14. The number of rotatable bonds is 6. The number of nitrogen functional groups attached to an aromatic ring is 1. The Morgan fingerprint density at radius 1 is 1.36 bits per heavy atom. The standard InChI is InChI=1S/C18H26N2O2/c1-13(2)22-18(21)16-12-15(19)8-9-17(16)20-11-10-14-6-4-3-5-7-14/h6,8-9,12-13,20H,3-5,7,10-11,19H2,1-2H3. The van der Waals surface area contributed by atoms with Gasteiger partial charge in [0.25, 0.3) is 0 Å². The number of esters is 1. The normalized spacial score (nSPS) is 14.6. The number of ether oxygens (including phenoxy) is 1. The number of nitrogens with two attached hydrogens (primary N) is 1. The van der Waals surface area contributed by atoms with E-state index in [9.17, 15) is 4.79 Å². The molecule has 0 fully saturated rings. The highest BCUT2D eigenvalue weighted by molar-refractivity contribution is 5.96. The van der Waals surface area contributed by atoms with Crippen LogP contribution in [0.5, 0.6) is 0 Å². The van der Waals surface area contributed by atoms with Crippen LogP contribution in [-0.4, -0.2) is 18.6 Å². The van der Waals surface area contributed by atoms with Crippen LogP contribution < -0.4 is 11.1 Å². The minimum absolute atomic E-state index is 0.144. The molecule has 1 aromatic rings. The van der Waals surface area contributed by atoms with Gasteiger partial charge in [-0.1, -0.05) is 11.6 Å². The first-order chi connectivity index (χ1) is 10.6. The molecule has 2 rings (SSSR count). The third kappa shape index (κ3) is 4.79. The Hall–Kier alpha value is -1.97. The molecule has 0 atom stereocenters. The van der Waals surface area contributed by atoms with E-state index in [4.69, 9.17) is 10.5 Å². The first-order valence-corrected chi connectivity index (χ1v) is 8.08. The molecule has 3 N–H and O–H groups in total. The number of hydrogen-bond acceptors (Lipinski definition) is 4. The van der Waals surface area contributed by atoms with E-state index in [1.54, 1.807) is 12.1 Å². The zero-order valence-corrected chi connectivity index (χ0v) is 13.5. The molecule has 1 aromatic carbocycles. The lowest BCUT2D eigenvalue weighted by atomic mass is 9.97. The molecule has 120 valence electrons. The maximum atomic E-state index is 12.2. The number of carbonyl (C=O) groups is 1. The van der Waals surface area contributed by atoms with Crippen molar-refractivity contribution >= 4 is 17.3 Å². The van der Waals surface area contributed by atoms with Crippen LogP contribution in [0.25, 0.3) is 0 Å². The smallest absolute Gasteiger partial charge is 0.340 e. The van der Waals surface area contributed by atoms with Crippen molar-refractivity contribution < 1.29 is 9.53 Å². The Morgan fingerprint density at radius 2 is 2.18 bits per heavy atom. The molecule has 0 heterocycles. The Kier molecular flexibility index (Phi) is 5.87. The number of nitrogens with one attached hydrogen (secondary N) is 1. The molecule has 0 spiro atoms. The lowest BCUT2D eigenvalue weighted by Crippen LogP contribution is -2.15. The van der Waals surface area contributed by atoms with E-state index in [-0.39, 0.29) is 12.1 Å². The van der Waals surface area contributed by atoms with Crippen LogP contribution in [-0.2, 0) is 4.74 Å². The van der Waals surface area contributed by atoms with Crippen molar-refractivity contribution in [2.24, 2.45) is 0 Å². The summed E-state index contributed by atoms with van der Waals surface area (Å²) < 4.78 is 5.28. The van der Waals surface area contributed by atoms with Crippen LogP contribution in [0.3, 0.4) is 0 Å². The van der Waals surface area contributed by atoms with Crippen molar-refractivity contribution in [2.45, 2.75) is 52.1 Å². The number of carbonyl (C=O) groups excluding carboxylic acids is 1. The molecular weight excluding hydrogens is 276 g/mol. The van der Waals surface area contributed by atoms with Gasteiger partial charge in [-0.2, -0.15) is 0 Å². The quantitative estimate of drug-likeness (QED) is 0.471. The zero-order chi connectivity index (χ0) is 15.9. The maximum absolute atomic E-state index is 12.2. The molecule has 1 aliphatic rings. The summed E-state index contributed by atoms with van der Waals surface area (Å²) >= 11 is 0. The van der Waals surface area contributed by atoms with Crippen molar-refractivity contribution in [2.75, 3.05) is 17.6 Å². The zero-order valence-electron chi connectivity index (χ0n) is 13.5. The van der Waals surface area contributed by atoms with Gasteiger partial charge in [0.15, 0.2) is 0 Å². The van der Waals surface area contributed by atoms with Gasteiger partial charge in [-0.05, 0) is 64.2 Å². The molecule has 0 radical (unpaired) electrons. The molecule has 0 bridgehead atoms. The summed E-state index contributed by atoms with van der Waals surface area (Å²) in [5.41, 5.74) is 9.17. The van der Waals surface area contributed by atoms with E-state index in [0.29, 0.717) is 11.3 Å². The van der Waals surface area contributed by atoms with Gasteiger partial charge in [-0.25, -0.2) is 4.79 Å². The minimum Gasteiger partial charge on any atom is -0.459 e. The monoisotopic (exact) mass is 302 g/mol. The van der Waals surface area contributed by atoms with Crippen molar-refractivity contribution in [1.82, 2.24) is 0 Å². The summed E-state index contributed by atoms with van der Waals surface area (Å²) in [6.45, 7) is 4.50. The van der Waals surface area contributed by atoms with Crippen LogP contribution >= 0.6 is 0 Å². The second kappa shape index (κ2) is 7.87. The van der Waals surface area contributed by atoms with Crippen molar-refractivity contribution in [3.8, 4) is 0 Å². The lowest BCUT2D eigenvalue weighted by Gasteiger charge is -2.16. The summed E-state index contributed by atoms with van der Waals surface area (Å²) in [5.74, 6) is -0.332. The molecule has 4 heteroatoms. The number of benzene rings is 1. The molecular formula is C18H26N2O2. The second-order valence-corrected chi connectivity index (χ2v) is 6.04. The summed E-state index contributed by atoms with van der Waals surface area (Å²) in [6.07, 6.45) is 8.22. The van der Waals surface area contributed by atoms with Crippen LogP contribution in [0.1, 0.15) is 56.3 Å². The average Bonchev–Trinajstić information content (AvgIpc) is 2.49. The Bertz CT molecular complexity index is 550. The largest absolute Gasteiger partial charge is 0.459 e. The van der Waals surface area contributed by atoms with Gasteiger partial charge in [-0.15, -0.1) is 0 Å². The Labute approximate surface area is 132 Å². The van der Waals surface area contributed by atoms with E-state index < -0.39 is 0 Å². The second-order valence-electron chi connectivity index (χ2n) is 6.04. The van der Waals surface area contributed by atoms with E-state index in [1.807, 2.05) is 19.9 Å². The van der Waals surface area contributed by atoms with Gasteiger partial charge in [-0.3, -0.25) is 0 Å². The summed E-state index contributed by atoms with van der Waals surface area (Å²) in [6, 6.07) is 5.32. The average molecular weight is 302 g/mol. The molecule has 4 nitrogen and oxygen atoms in total. The number of hydrogen-bond donors (Lipinski definition) is 2. The molecule has 0 saturated carbocycles. The van der Waals surface area contributed by atoms with Gasteiger partial charge < -0.3 is 15.8 Å². The molecule has 0 unspecified atom stereocenters. The SMILES string of the molecule is CC(C)OC(=O)c1cc(N)ccc1NCCC1=CCCCC1. The van der Waals surface area contributed by atoms with Gasteiger partial charge in [0.05, 0.1) is 11.7 Å². The van der Waals surface area contributed by atoms with Crippen molar-refractivity contribution in [3.05, 3.63) is 35.4 Å². The minimum atomic E-state index is -0.332. The van der Waals surface area contributed by atoms with Gasteiger partial charge in [0.1, 0.15) is 0 Å². The fraction of sp³-hybridized carbons (Fsp3) is 0.500. The van der Waals surface area contributed by atoms with Gasteiger partial charge in [0, 0.05) is 17.9 Å². The van der Waals surface area contributed by atoms with Crippen LogP contribution in [0, 0.1) is 0 Å². The fourth-order valence-electron chi connectivity index (χ4n) is 2.65. The first-order valence-electron chi connectivity index (χ1n) is 8.08. The first kappa shape index (κ1) is 16.4. The van der Waals surface area contributed by atoms with E-state index in [2.05, 4.69) is 11.4 Å². The highest BCUT2D eigenvalue weighted by atomic mass is 16.5. The molecule has 22 heavy (non-hydrogen) atoms. The third-order valence-corrected chi connectivity index (χ3v) is 3.75. The third-order valence-electron chi connectivity index (χ3n) is 3.75. The van der Waals surface area contributed by atoms with Gasteiger partial charge in [0.2, 0.25) is 0 Å².